The van der Waals surface area contributed by atoms with Gasteiger partial charge in [-0.25, -0.2) is 0 Å². The van der Waals surface area contributed by atoms with Crippen molar-refractivity contribution in [2.75, 3.05) is 13.2 Å². The van der Waals surface area contributed by atoms with Crippen LogP contribution in [0.1, 0.15) is 19.8 Å². The van der Waals surface area contributed by atoms with Crippen LogP contribution in [0.4, 0.5) is 0 Å². The Hall–Kier alpha value is 2.80. The van der Waals surface area contributed by atoms with Gasteiger partial charge in [0, 0.05) is 107 Å². The molecule has 0 saturated heterocycles. The van der Waals surface area contributed by atoms with Crippen molar-refractivity contribution in [1.82, 2.24) is 0 Å². The second kappa shape index (κ2) is 14.3. The Morgan fingerprint density at radius 2 is 1.50 bits per heavy atom. The Morgan fingerprint density at radius 3 is 1.60 bits per heavy atom. The molecule has 10 heavy (non-hydrogen) atoms. The molecule has 0 heterocycles. The fourth-order valence-electron chi connectivity index (χ4n) is 0.649. The van der Waals surface area contributed by atoms with Crippen LogP contribution in [0.15, 0.2) is 0 Å². The van der Waals surface area contributed by atoms with Crippen molar-refractivity contribution in [3.63, 3.8) is 0 Å². The molecule has 2 radical (unpaired) electrons. The van der Waals surface area contributed by atoms with E-state index >= 15 is 0 Å². The molecule has 0 bridgehead atoms. The number of rotatable bonds is 4. The number of hydrogen-bond donors (Lipinski definition) is 2. The summed E-state index contributed by atoms with van der Waals surface area (Å²) in [6, 6.07) is 0. The van der Waals surface area contributed by atoms with Gasteiger partial charge in [0.05, 0.1) is 0 Å². The van der Waals surface area contributed by atoms with Gasteiger partial charge in [0.25, 0.3) is 0 Å². The molecule has 0 atom stereocenters. The molecule has 0 aliphatic carbocycles. The van der Waals surface area contributed by atoms with Gasteiger partial charge in [-0.15, -0.1) is 0 Å². The summed E-state index contributed by atoms with van der Waals surface area (Å²) in [6.45, 7) is 2.27. The van der Waals surface area contributed by atoms with Crippen LogP contribution in [0.3, 0.4) is 0 Å². The maximum Gasteiger partial charge on any atom is 0.0481 e. The molecule has 0 aromatic carbocycles. The number of hydrogen-bond acceptors (Lipinski definition) is 2. The quantitative estimate of drug-likeness (QED) is 0.513. The fourth-order valence-corrected chi connectivity index (χ4v) is 0.649. The third-order valence-electron chi connectivity index (χ3n) is 1.21. The van der Waals surface area contributed by atoms with Crippen LogP contribution < -0.4 is 0 Å². The summed E-state index contributed by atoms with van der Waals surface area (Å²) in [4.78, 5) is 0. The SMILES string of the molecule is CCCC(CO)CO.[Ac].[Ac]. The third-order valence-corrected chi connectivity index (χ3v) is 1.21. The van der Waals surface area contributed by atoms with Crippen molar-refractivity contribution in [2.45, 2.75) is 19.8 Å². The first kappa shape index (κ1) is 18.6. The average Bonchev–Trinajstić information content (AvgIpc) is 1.83. The Morgan fingerprint density at radius 1 is 1.10 bits per heavy atom. The van der Waals surface area contributed by atoms with Gasteiger partial charge in [0.1, 0.15) is 0 Å². The monoisotopic (exact) mass is 572 g/mol. The van der Waals surface area contributed by atoms with Crippen molar-refractivity contribution in [2.24, 2.45) is 5.92 Å². The van der Waals surface area contributed by atoms with Gasteiger partial charge in [0.2, 0.25) is 0 Å². The van der Waals surface area contributed by atoms with E-state index in [1.807, 2.05) is 6.92 Å². The molecule has 2 nitrogen and oxygen atoms in total. The maximum atomic E-state index is 8.50. The fraction of sp³-hybridized carbons (Fsp3) is 1.00. The molecular weight excluding hydrogens is 558 g/mol. The van der Waals surface area contributed by atoms with Gasteiger partial charge in [-0.1, -0.05) is 13.3 Å². The zero-order chi connectivity index (χ0) is 6.41. The molecular formula is C6H14Ac2O2. The van der Waals surface area contributed by atoms with Crippen LogP contribution >= 0.6 is 0 Å². The molecule has 0 spiro atoms. The van der Waals surface area contributed by atoms with Gasteiger partial charge >= 0.3 is 0 Å². The van der Waals surface area contributed by atoms with Crippen molar-refractivity contribution in [1.29, 1.82) is 0 Å². The molecule has 0 aromatic heterocycles. The van der Waals surface area contributed by atoms with Crippen molar-refractivity contribution >= 4 is 0 Å². The van der Waals surface area contributed by atoms with Gasteiger partial charge in [-0.2, -0.15) is 0 Å². The van der Waals surface area contributed by atoms with E-state index in [9.17, 15) is 0 Å². The van der Waals surface area contributed by atoms with E-state index in [-0.39, 0.29) is 107 Å². The summed E-state index contributed by atoms with van der Waals surface area (Å²) in [5.41, 5.74) is 0. The molecule has 0 aliphatic rings. The molecule has 0 aliphatic heterocycles. The Bertz CT molecular complexity index is 49.0. The van der Waals surface area contributed by atoms with Gasteiger partial charge in [-0.05, 0) is 6.42 Å². The summed E-state index contributed by atoms with van der Waals surface area (Å²) < 4.78 is 0. The summed E-state index contributed by atoms with van der Waals surface area (Å²) >= 11 is 0. The van der Waals surface area contributed by atoms with E-state index in [0.717, 1.165) is 12.8 Å². The largest absolute Gasteiger partial charge is 0.396 e. The zero-order valence-electron chi connectivity index (χ0n) is 6.45. The minimum Gasteiger partial charge on any atom is -0.396 e. The van der Waals surface area contributed by atoms with Crippen LogP contribution in [0.2, 0.25) is 0 Å². The summed E-state index contributed by atoms with van der Waals surface area (Å²) in [5.74, 6) is 0.111. The smallest absolute Gasteiger partial charge is 0.0481 e. The first-order valence-corrected chi connectivity index (χ1v) is 3.06. The summed E-state index contributed by atoms with van der Waals surface area (Å²) in [6.07, 6.45) is 1.96. The molecule has 0 saturated carbocycles. The normalized spacial score (nSPS) is 8.40. The topological polar surface area (TPSA) is 40.5 Å². The molecule has 2 N–H and O–H groups in total. The predicted molar refractivity (Wildman–Crippen MR) is 32.6 cm³/mol. The van der Waals surface area contributed by atoms with Crippen molar-refractivity contribution in [3.8, 4) is 0 Å². The second-order valence-electron chi connectivity index (χ2n) is 2.02. The standard InChI is InChI=1S/C6H14O2.2Ac/c1-2-3-6(4-7)5-8;;/h6-8H,2-5H2,1H3;;. The third kappa shape index (κ3) is 10.8. The Kier molecular flexibility index (Phi) is 26.6. The van der Waals surface area contributed by atoms with Crippen LogP contribution in [0.25, 0.3) is 0 Å². The predicted octanol–water partition coefficient (Wildman–Crippen LogP) is 0.387. The molecule has 0 unspecified atom stereocenters. The number of aliphatic hydroxyl groups is 2. The molecule has 56 valence electrons. The van der Waals surface area contributed by atoms with E-state index in [1.54, 1.807) is 0 Å². The minimum atomic E-state index is 0. The van der Waals surface area contributed by atoms with E-state index in [4.69, 9.17) is 10.2 Å². The van der Waals surface area contributed by atoms with Crippen LogP contribution in [0, 0.1) is 94.0 Å². The van der Waals surface area contributed by atoms with Gasteiger partial charge in [-0.3, -0.25) is 0 Å². The van der Waals surface area contributed by atoms with E-state index < -0.39 is 0 Å². The molecule has 0 amide bonds. The summed E-state index contributed by atoms with van der Waals surface area (Å²) in [7, 11) is 0. The van der Waals surface area contributed by atoms with E-state index in [1.165, 1.54) is 0 Å². The second-order valence-corrected chi connectivity index (χ2v) is 2.02. The number of aliphatic hydroxyl groups excluding tert-OH is 2. The molecule has 4 heteroatoms. The van der Waals surface area contributed by atoms with Gasteiger partial charge in [0.15, 0.2) is 0 Å². The first-order chi connectivity index (χ1) is 3.85. The van der Waals surface area contributed by atoms with E-state index in [0.29, 0.717) is 0 Å². The van der Waals surface area contributed by atoms with E-state index in [2.05, 4.69) is 0 Å². The maximum absolute atomic E-state index is 8.50. The molecule has 0 aromatic rings. The van der Waals surface area contributed by atoms with Crippen LogP contribution in [-0.4, -0.2) is 23.4 Å². The van der Waals surface area contributed by atoms with Crippen LogP contribution in [-0.2, 0) is 0 Å². The Balaban J connectivity index is -0.000000245. The van der Waals surface area contributed by atoms with Crippen molar-refractivity contribution in [3.05, 3.63) is 0 Å². The summed E-state index contributed by atoms with van der Waals surface area (Å²) in [5, 5.41) is 17.0. The van der Waals surface area contributed by atoms with Gasteiger partial charge < -0.3 is 10.2 Å². The average molecular weight is 572 g/mol. The molecule has 0 rings (SSSR count). The zero-order valence-corrected chi connectivity index (χ0v) is 15.9. The van der Waals surface area contributed by atoms with Crippen molar-refractivity contribution < 1.29 is 98.3 Å². The molecule has 0 fully saturated rings. The van der Waals surface area contributed by atoms with Crippen LogP contribution in [0.5, 0.6) is 0 Å². The Labute approximate surface area is 134 Å². The first-order valence-electron chi connectivity index (χ1n) is 3.06. The minimum absolute atomic E-state index is 0.